The maximum absolute atomic E-state index is 5.73. The van der Waals surface area contributed by atoms with Gasteiger partial charge in [0.1, 0.15) is 5.75 Å². The summed E-state index contributed by atoms with van der Waals surface area (Å²) in [5.74, 6) is 1.79. The lowest BCUT2D eigenvalue weighted by atomic mass is 9.96. The highest BCUT2D eigenvalue weighted by Crippen LogP contribution is 2.40. The fourth-order valence-corrected chi connectivity index (χ4v) is 3.47. The fourth-order valence-electron chi connectivity index (χ4n) is 3.47. The molecule has 1 N–H and O–H groups in total. The Morgan fingerprint density at radius 2 is 1.83 bits per heavy atom. The molecule has 148 valence electrons. The molecule has 4 aromatic rings. The van der Waals surface area contributed by atoms with Gasteiger partial charge >= 0.3 is 0 Å². The molecule has 0 unspecified atom stereocenters. The highest BCUT2D eigenvalue weighted by atomic mass is 16.5. The fraction of sp³-hybridized carbons (Fsp3) is 0.273. The Morgan fingerprint density at radius 3 is 2.48 bits per heavy atom. The van der Waals surface area contributed by atoms with Crippen molar-refractivity contribution in [3.8, 4) is 28.3 Å². The van der Waals surface area contributed by atoms with E-state index >= 15 is 0 Å². The standard InChI is InChI=1S/C22H24N6O/c1-14(2)17-10-11-19(29-4)18(12-17)21-20(16-8-6-5-7-9-16)23-13-28(21)15(3)22-24-26-27-25-22/h5-15H,1-4H3,(H,24,25,26,27)/t15-/m1/s1. The normalized spacial score (nSPS) is 12.3. The summed E-state index contributed by atoms with van der Waals surface area (Å²) in [4.78, 5) is 4.76. The number of hydrogen-bond acceptors (Lipinski definition) is 5. The van der Waals surface area contributed by atoms with Crippen molar-refractivity contribution in [2.24, 2.45) is 0 Å². The number of aromatic nitrogens is 6. The highest BCUT2D eigenvalue weighted by Gasteiger charge is 2.24. The number of methoxy groups -OCH3 is 1. The number of benzene rings is 2. The minimum Gasteiger partial charge on any atom is -0.496 e. The number of hydrogen-bond donors (Lipinski definition) is 1. The highest BCUT2D eigenvalue weighted by molar-refractivity contribution is 5.82. The number of ether oxygens (including phenoxy) is 1. The van der Waals surface area contributed by atoms with Crippen LogP contribution in [0.4, 0.5) is 0 Å². The summed E-state index contributed by atoms with van der Waals surface area (Å²) in [6.07, 6.45) is 1.83. The zero-order chi connectivity index (χ0) is 20.4. The van der Waals surface area contributed by atoms with Crippen molar-refractivity contribution in [2.75, 3.05) is 7.11 Å². The second-order valence-electron chi connectivity index (χ2n) is 7.28. The van der Waals surface area contributed by atoms with E-state index in [0.29, 0.717) is 11.7 Å². The third-order valence-corrected chi connectivity index (χ3v) is 5.14. The van der Waals surface area contributed by atoms with E-state index in [0.717, 1.165) is 28.3 Å². The van der Waals surface area contributed by atoms with E-state index < -0.39 is 0 Å². The van der Waals surface area contributed by atoms with E-state index in [9.17, 15) is 0 Å². The van der Waals surface area contributed by atoms with E-state index in [1.54, 1.807) is 7.11 Å². The molecule has 29 heavy (non-hydrogen) atoms. The van der Waals surface area contributed by atoms with Crippen LogP contribution in [0.1, 0.15) is 44.1 Å². The first-order chi connectivity index (χ1) is 14.1. The van der Waals surface area contributed by atoms with Gasteiger partial charge in [0.2, 0.25) is 0 Å². The molecule has 2 aromatic carbocycles. The SMILES string of the molecule is COc1ccc(C(C)C)cc1-c1c(-c2ccccc2)ncn1[C@H](C)c1nn[nH]n1. The molecular formula is C22H24N6O. The first kappa shape index (κ1) is 18.9. The van der Waals surface area contributed by atoms with Gasteiger partial charge in [0.15, 0.2) is 5.82 Å². The summed E-state index contributed by atoms with van der Waals surface area (Å²) in [5.41, 5.74) is 5.12. The van der Waals surface area contributed by atoms with E-state index in [-0.39, 0.29) is 6.04 Å². The molecule has 4 rings (SSSR count). The number of tetrazole rings is 1. The van der Waals surface area contributed by atoms with Gasteiger partial charge in [-0.2, -0.15) is 5.21 Å². The van der Waals surface area contributed by atoms with Crippen LogP contribution in [0.3, 0.4) is 0 Å². The van der Waals surface area contributed by atoms with Gasteiger partial charge in [0.05, 0.1) is 30.9 Å². The molecular weight excluding hydrogens is 364 g/mol. The van der Waals surface area contributed by atoms with Crippen LogP contribution in [-0.2, 0) is 0 Å². The number of rotatable bonds is 6. The van der Waals surface area contributed by atoms with Crippen molar-refractivity contribution in [1.82, 2.24) is 30.2 Å². The lowest BCUT2D eigenvalue weighted by molar-refractivity contribution is 0.415. The van der Waals surface area contributed by atoms with Gasteiger partial charge in [0.25, 0.3) is 0 Å². The molecule has 0 aliphatic heterocycles. The predicted molar refractivity (Wildman–Crippen MR) is 112 cm³/mol. The summed E-state index contributed by atoms with van der Waals surface area (Å²) in [6, 6.07) is 16.3. The number of nitrogens with zero attached hydrogens (tertiary/aromatic N) is 5. The van der Waals surface area contributed by atoms with E-state index in [4.69, 9.17) is 9.72 Å². The third kappa shape index (κ3) is 3.51. The Kier molecular flexibility index (Phi) is 5.12. The van der Waals surface area contributed by atoms with Crippen molar-refractivity contribution < 1.29 is 4.74 Å². The Hall–Kier alpha value is -3.48. The van der Waals surface area contributed by atoms with Crippen molar-refractivity contribution >= 4 is 0 Å². The maximum atomic E-state index is 5.73. The molecule has 0 bridgehead atoms. The summed E-state index contributed by atoms with van der Waals surface area (Å²) >= 11 is 0. The average molecular weight is 388 g/mol. The van der Waals surface area contributed by atoms with Crippen molar-refractivity contribution in [3.63, 3.8) is 0 Å². The molecule has 0 radical (unpaired) electrons. The maximum Gasteiger partial charge on any atom is 0.197 e. The average Bonchev–Trinajstić information content (AvgIpc) is 3.43. The second kappa shape index (κ2) is 7.87. The molecule has 0 aliphatic carbocycles. The van der Waals surface area contributed by atoms with Crippen LogP contribution in [0.2, 0.25) is 0 Å². The van der Waals surface area contributed by atoms with Crippen LogP contribution in [-0.4, -0.2) is 37.3 Å². The Bertz CT molecular complexity index is 1090. The van der Waals surface area contributed by atoms with Gasteiger partial charge in [-0.15, -0.1) is 10.2 Å². The molecule has 7 nitrogen and oxygen atoms in total. The first-order valence-corrected chi connectivity index (χ1v) is 9.64. The van der Waals surface area contributed by atoms with Crippen LogP contribution in [0.5, 0.6) is 5.75 Å². The van der Waals surface area contributed by atoms with Crippen LogP contribution in [0.25, 0.3) is 22.5 Å². The van der Waals surface area contributed by atoms with Crippen LogP contribution in [0.15, 0.2) is 54.9 Å². The minimum atomic E-state index is -0.152. The van der Waals surface area contributed by atoms with Gasteiger partial charge in [0, 0.05) is 11.1 Å². The summed E-state index contributed by atoms with van der Waals surface area (Å²) in [7, 11) is 1.69. The van der Waals surface area contributed by atoms with Crippen LogP contribution >= 0.6 is 0 Å². The predicted octanol–water partition coefficient (Wildman–Crippen LogP) is 4.47. The molecule has 7 heteroatoms. The Balaban J connectivity index is 1.98. The zero-order valence-electron chi connectivity index (χ0n) is 17.0. The quantitative estimate of drug-likeness (QED) is 0.527. The van der Waals surface area contributed by atoms with Gasteiger partial charge < -0.3 is 9.30 Å². The molecule has 0 amide bonds. The molecule has 0 saturated carbocycles. The van der Waals surface area contributed by atoms with Gasteiger partial charge in [-0.25, -0.2) is 4.98 Å². The van der Waals surface area contributed by atoms with Crippen LogP contribution < -0.4 is 4.74 Å². The van der Waals surface area contributed by atoms with Crippen molar-refractivity contribution in [3.05, 3.63) is 66.2 Å². The third-order valence-electron chi connectivity index (χ3n) is 5.14. The Labute approximate surface area is 169 Å². The summed E-state index contributed by atoms with van der Waals surface area (Å²) in [5, 5.41) is 14.6. The topological polar surface area (TPSA) is 81.5 Å². The summed E-state index contributed by atoms with van der Waals surface area (Å²) in [6.45, 7) is 6.40. The number of imidazole rings is 1. The smallest absolute Gasteiger partial charge is 0.197 e. The van der Waals surface area contributed by atoms with Gasteiger partial charge in [-0.1, -0.05) is 55.5 Å². The summed E-state index contributed by atoms with van der Waals surface area (Å²) < 4.78 is 7.81. The minimum absolute atomic E-state index is 0.152. The van der Waals surface area contributed by atoms with E-state index in [1.807, 2.05) is 37.5 Å². The lowest BCUT2D eigenvalue weighted by Gasteiger charge is -2.18. The van der Waals surface area contributed by atoms with Gasteiger partial charge in [-0.3, -0.25) is 0 Å². The molecule has 0 fully saturated rings. The monoisotopic (exact) mass is 388 g/mol. The van der Waals surface area contributed by atoms with E-state index in [2.05, 4.69) is 63.3 Å². The van der Waals surface area contributed by atoms with E-state index in [1.165, 1.54) is 5.56 Å². The van der Waals surface area contributed by atoms with Crippen LogP contribution in [0, 0.1) is 0 Å². The number of aromatic amines is 1. The lowest BCUT2D eigenvalue weighted by Crippen LogP contribution is -2.10. The molecule has 0 saturated heterocycles. The molecule has 0 spiro atoms. The first-order valence-electron chi connectivity index (χ1n) is 9.64. The van der Waals surface area contributed by atoms with Crippen molar-refractivity contribution in [2.45, 2.75) is 32.7 Å². The zero-order valence-corrected chi connectivity index (χ0v) is 17.0. The second-order valence-corrected chi connectivity index (χ2v) is 7.28. The molecule has 2 heterocycles. The molecule has 2 aromatic heterocycles. The van der Waals surface area contributed by atoms with Crippen molar-refractivity contribution in [1.29, 1.82) is 0 Å². The largest absolute Gasteiger partial charge is 0.496 e. The number of H-pyrrole nitrogens is 1. The molecule has 1 atom stereocenters. The number of nitrogens with one attached hydrogen (secondary N) is 1. The molecule has 0 aliphatic rings. The van der Waals surface area contributed by atoms with Gasteiger partial charge in [-0.05, 0) is 30.5 Å². The Morgan fingerprint density at radius 1 is 1.03 bits per heavy atom.